The van der Waals surface area contributed by atoms with Crippen molar-refractivity contribution in [2.45, 2.75) is 26.3 Å². The van der Waals surface area contributed by atoms with Crippen LogP contribution in [0, 0.1) is 13.8 Å². The molecule has 0 saturated heterocycles. The second kappa shape index (κ2) is 5.76. The minimum atomic E-state index is 0.214. The number of benzene rings is 1. The van der Waals surface area contributed by atoms with Crippen molar-refractivity contribution in [3.8, 4) is 0 Å². The summed E-state index contributed by atoms with van der Waals surface area (Å²) in [5, 5.41) is 8.58. The molecule has 1 aromatic heterocycles. The van der Waals surface area contributed by atoms with E-state index in [4.69, 9.17) is 11.6 Å². The van der Waals surface area contributed by atoms with Crippen molar-refractivity contribution in [3.63, 3.8) is 0 Å². The molecule has 1 N–H and O–H groups in total. The largest absolute Gasteiger partial charge is 0.311 e. The van der Waals surface area contributed by atoms with Crippen LogP contribution in [0.3, 0.4) is 0 Å². The van der Waals surface area contributed by atoms with Crippen molar-refractivity contribution in [2.24, 2.45) is 7.05 Å². The first-order valence-corrected chi connectivity index (χ1v) is 6.82. The lowest BCUT2D eigenvalue weighted by molar-refractivity contribution is 0.537. The van der Waals surface area contributed by atoms with Gasteiger partial charge in [-0.3, -0.25) is 4.68 Å². The zero-order chi connectivity index (χ0) is 14.0. The van der Waals surface area contributed by atoms with Crippen LogP contribution in [0.5, 0.6) is 0 Å². The van der Waals surface area contributed by atoms with E-state index in [2.05, 4.69) is 35.5 Å². The Labute approximate surface area is 119 Å². The molecule has 19 heavy (non-hydrogen) atoms. The summed E-state index contributed by atoms with van der Waals surface area (Å²) in [4.78, 5) is 0. The molecular weight excluding hydrogens is 258 g/mol. The Kier molecular flexibility index (Phi) is 4.27. The van der Waals surface area contributed by atoms with Crippen LogP contribution in [0.25, 0.3) is 0 Å². The number of aromatic nitrogens is 2. The Balaban J connectivity index is 2.26. The van der Waals surface area contributed by atoms with Gasteiger partial charge in [0.1, 0.15) is 0 Å². The zero-order valence-corrected chi connectivity index (χ0v) is 12.6. The molecule has 0 spiro atoms. The smallest absolute Gasteiger partial charge is 0.0597 e. The Bertz CT molecular complexity index is 575. The fourth-order valence-electron chi connectivity index (χ4n) is 2.35. The predicted molar refractivity (Wildman–Crippen MR) is 79.6 cm³/mol. The zero-order valence-electron chi connectivity index (χ0n) is 11.9. The molecule has 0 aliphatic rings. The lowest BCUT2D eigenvalue weighted by Gasteiger charge is -2.17. The maximum absolute atomic E-state index is 6.31. The second-order valence-corrected chi connectivity index (χ2v) is 5.38. The third-order valence-corrected chi connectivity index (χ3v) is 3.73. The van der Waals surface area contributed by atoms with Gasteiger partial charge in [0.2, 0.25) is 0 Å². The normalized spacial score (nSPS) is 12.7. The second-order valence-electron chi connectivity index (χ2n) is 4.97. The van der Waals surface area contributed by atoms with Gasteiger partial charge in [0.25, 0.3) is 0 Å². The van der Waals surface area contributed by atoms with E-state index in [9.17, 15) is 0 Å². The summed E-state index contributed by atoms with van der Waals surface area (Å²) >= 11 is 6.31. The maximum atomic E-state index is 6.31. The van der Waals surface area contributed by atoms with Crippen molar-refractivity contribution >= 4 is 11.6 Å². The van der Waals surface area contributed by atoms with Crippen LogP contribution in [-0.4, -0.2) is 16.8 Å². The number of halogens is 1. The Hall–Kier alpha value is -1.32. The third-order valence-electron chi connectivity index (χ3n) is 3.38. The summed E-state index contributed by atoms with van der Waals surface area (Å²) in [7, 11) is 3.94. The minimum absolute atomic E-state index is 0.214. The predicted octanol–water partition coefficient (Wildman–Crippen LogP) is 3.19. The summed E-state index contributed by atoms with van der Waals surface area (Å²) in [5.41, 5.74) is 4.56. The molecule has 0 saturated carbocycles. The molecule has 1 atom stereocenters. The number of likely N-dealkylation sites (N-methyl/N-ethyl adjacent to an activating group) is 1. The molecule has 0 radical (unpaired) electrons. The van der Waals surface area contributed by atoms with Gasteiger partial charge in [-0.05, 0) is 50.6 Å². The quantitative estimate of drug-likeness (QED) is 0.930. The lowest BCUT2D eigenvalue weighted by atomic mass is 10.0. The molecule has 0 aliphatic heterocycles. The molecule has 0 aliphatic carbocycles. The van der Waals surface area contributed by atoms with Gasteiger partial charge >= 0.3 is 0 Å². The molecule has 0 amide bonds. The summed E-state index contributed by atoms with van der Waals surface area (Å²) in [6, 6.07) is 8.54. The van der Waals surface area contributed by atoms with E-state index in [1.807, 2.05) is 31.8 Å². The molecule has 1 unspecified atom stereocenters. The highest BCUT2D eigenvalue weighted by Crippen LogP contribution is 2.24. The molecule has 3 nitrogen and oxygen atoms in total. The van der Waals surface area contributed by atoms with Crippen molar-refractivity contribution in [1.82, 2.24) is 15.1 Å². The first-order chi connectivity index (χ1) is 9.01. The van der Waals surface area contributed by atoms with Gasteiger partial charge in [-0.25, -0.2) is 0 Å². The van der Waals surface area contributed by atoms with Crippen molar-refractivity contribution in [1.29, 1.82) is 0 Å². The fourth-order valence-corrected chi connectivity index (χ4v) is 2.66. The third kappa shape index (κ3) is 3.17. The van der Waals surface area contributed by atoms with E-state index < -0.39 is 0 Å². The molecule has 2 aromatic rings. The van der Waals surface area contributed by atoms with Gasteiger partial charge in [0.15, 0.2) is 0 Å². The minimum Gasteiger partial charge on any atom is -0.311 e. The average molecular weight is 278 g/mol. The number of hydrogen-bond acceptors (Lipinski definition) is 2. The Morgan fingerprint density at radius 3 is 2.58 bits per heavy atom. The standard InChI is InChI=1S/C15H20ClN3/c1-10-5-6-12(13(16)7-10)9-14(17-3)15-8-11(2)18-19(15)4/h5-8,14,17H,9H2,1-4H3. The van der Waals surface area contributed by atoms with E-state index in [1.165, 1.54) is 11.3 Å². The van der Waals surface area contributed by atoms with Crippen LogP contribution in [-0.2, 0) is 13.5 Å². The summed E-state index contributed by atoms with van der Waals surface area (Å²) in [6.07, 6.45) is 0.856. The van der Waals surface area contributed by atoms with Gasteiger partial charge in [-0.15, -0.1) is 0 Å². The van der Waals surface area contributed by atoms with E-state index in [1.54, 1.807) is 0 Å². The van der Waals surface area contributed by atoms with E-state index in [0.29, 0.717) is 0 Å². The Morgan fingerprint density at radius 1 is 1.32 bits per heavy atom. The molecule has 0 bridgehead atoms. The maximum Gasteiger partial charge on any atom is 0.0597 e. The molecule has 102 valence electrons. The molecule has 2 rings (SSSR count). The van der Waals surface area contributed by atoms with Gasteiger partial charge in [-0.1, -0.05) is 23.7 Å². The average Bonchev–Trinajstić information content (AvgIpc) is 2.68. The first-order valence-electron chi connectivity index (χ1n) is 6.44. The van der Waals surface area contributed by atoms with Crippen LogP contribution in [0.2, 0.25) is 5.02 Å². The number of hydrogen-bond donors (Lipinski definition) is 1. The van der Waals surface area contributed by atoms with Crippen LogP contribution in [0.15, 0.2) is 24.3 Å². The lowest BCUT2D eigenvalue weighted by Crippen LogP contribution is -2.21. The molecule has 4 heteroatoms. The van der Waals surface area contributed by atoms with Crippen LogP contribution in [0.1, 0.15) is 28.6 Å². The summed E-state index contributed by atoms with van der Waals surface area (Å²) in [5.74, 6) is 0. The molecule has 0 fully saturated rings. The fraction of sp³-hybridized carbons (Fsp3) is 0.400. The SMILES string of the molecule is CNC(Cc1ccc(C)cc1Cl)c1cc(C)nn1C. The van der Waals surface area contributed by atoms with Crippen LogP contribution >= 0.6 is 11.6 Å². The van der Waals surface area contributed by atoms with E-state index >= 15 is 0 Å². The summed E-state index contributed by atoms with van der Waals surface area (Å²) < 4.78 is 1.93. The van der Waals surface area contributed by atoms with Gasteiger partial charge in [0, 0.05) is 12.1 Å². The van der Waals surface area contributed by atoms with Crippen molar-refractivity contribution in [3.05, 3.63) is 51.8 Å². The number of nitrogens with zero attached hydrogens (tertiary/aromatic N) is 2. The van der Waals surface area contributed by atoms with Gasteiger partial charge in [0.05, 0.1) is 17.4 Å². The highest BCUT2D eigenvalue weighted by atomic mass is 35.5. The number of rotatable bonds is 4. The number of aryl methyl sites for hydroxylation is 3. The van der Waals surface area contributed by atoms with E-state index in [0.717, 1.165) is 22.7 Å². The first kappa shape index (κ1) is 14.1. The molecule has 1 aromatic carbocycles. The monoisotopic (exact) mass is 277 g/mol. The van der Waals surface area contributed by atoms with Crippen molar-refractivity contribution in [2.75, 3.05) is 7.05 Å². The number of nitrogens with one attached hydrogen (secondary N) is 1. The van der Waals surface area contributed by atoms with Gasteiger partial charge < -0.3 is 5.32 Å². The Morgan fingerprint density at radius 2 is 2.05 bits per heavy atom. The van der Waals surface area contributed by atoms with E-state index in [-0.39, 0.29) is 6.04 Å². The van der Waals surface area contributed by atoms with Gasteiger partial charge in [-0.2, -0.15) is 5.10 Å². The summed E-state index contributed by atoms with van der Waals surface area (Å²) in [6.45, 7) is 4.06. The highest BCUT2D eigenvalue weighted by Gasteiger charge is 2.16. The molecular formula is C15H20ClN3. The highest BCUT2D eigenvalue weighted by molar-refractivity contribution is 6.31. The van der Waals surface area contributed by atoms with Crippen molar-refractivity contribution < 1.29 is 0 Å². The van der Waals surface area contributed by atoms with Crippen LogP contribution < -0.4 is 5.32 Å². The van der Waals surface area contributed by atoms with Crippen LogP contribution in [0.4, 0.5) is 0 Å². The topological polar surface area (TPSA) is 29.9 Å². The molecule has 1 heterocycles.